The van der Waals surface area contributed by atoms with E-state index in [4.69, 9.17) is 0 Å². The van der Waals surface area contributed by atoms with Crippen molar-refractivity contribution >= 4 is 5.91 Å². The van der Waals surface area contributed by atoms with Gasteiger partial charge in [0.2, 0.25) is 5.91 Å². The maximum atomic E-state index is 11.8. The highest BCUT2D eigenvalue weighted by molar-refractivity contribution is 5.76. The van der Waals surface area contributed by atoms with Gasteiger partial charge in [-0.2, -0.15) is 5.10 Å². The quantitative estimate of drug-likeness (QED) is 0.773. The second-order valence-electron chi connectivity index (χ2n) is 5.77. The molecule has 5 heteroatoms. The van der Waals surface area contributed by atoms with Crippen LogP contribution in [0.4, 0.5) is 0 Å². The van der Waals surface area contributed by atoms with Crippen LogP contribution in [0.25, 0.3) is 0 Å². The lowest BCUT2D eigenvalue weighted by Gasteiger charge is -2.22. The molecule has 0 spiro atoms. The third kappa shape index (κ3) is 4.63. The van der Waals surface area contributed by atoms with Gasteiger partial charge < -0.3 is 10.6 Å². The van der Waals surface area contributed by atoms with Gasteiger partial charge in [0.1, 0.15) is 0 Å². The fourth-order valence-corrected chi connectivity index (χ4v) is 2.79. The van der Waals surface area contributed by atoms with Crippen molar-refractivity contribution in [1.29, 1.82) is 0 Å². The summed E-state index contributed by atoms with van der Waals surface area (Å²) in [5.74, 6) is 0.701. The summed E-state index contributed by atoms with van der Waals surface area (Å²) in [7, 11) is 0. The molecule has 0 aliphatic carbocycles. The summed E-state index contributed by atoms with van der Waals surface area (Å²) >= 11 is 0. The summed E-state index contributed by atoms with van der Waals surface area (Å²) in [5, 5.41) is 10.8. The van der Waals surface area contributed by atoms with Crippen molar-refractivity contribution in [3.05, 3.63) is 17.5 Å². The zero-order chi connectivity index (χ0) is 14.4. The molecule has 1 aliphatic rings. The largest absolute Gasteiger partial charge is 0.356 e. The molecule has 0 radical (unpaired) electrons. The Labute approximate surface area is 121 Å². The molecule has 1 fully saturated rings. The van der Waals surface area contributed by atoms with E-state index in [-0.39, 0.29) is 5.91 Å². The Morgan fingerprint density at radius 1 is 1.55 bits per heavy atom. The van der Waals surface area contributed by atoms with E-state index in [1.165, 1.54) is 18.5 Å². The van der Waals surface area contributed by atoms with Crippen molar-refractivity contribution in [3.63, 3.8) is 0 Å². The van der Waals surface area contributed by atoms with Crippen molar-refractivity contribution in [2.45, 2.75) is 46.1 Å². The molecule has 0 bridgehead atoms. The Morgan fingerprint density at radius 3 is 3.05 bits per heavy atom. The number of hydrogen-bond donors (Lipinski definition) is 2. The normalized spacial score (nSPS) is 19.0. The first-order valence-corrected chi connectivity index (χ1v) is 7.63. The molecule has 0 saturated carbocycles. The summed E-state index contributed by atoms with van der Waals surface area (Å²) in [4.78, 5) is 11.8. The van der Waals surface area contributed by atoms with Crippen LogP contribution in [0.3, 0.4) is 0 Å². The Kier molecular flexibility index (Phi) is 5.59. The number of aromatic nitrogens is 2. The van der Waals surface area contributed by atoms with Crippen LogP contribution in [-0.2, 0) is 11.3 Å². The molecular formula is C15H26N4O. The van der Waals surface area contributed by atoms with E-state index in [1.807, 2.05) is 11.6 Å². The molecule has 2 heterocycles. The SMILES string of the molecule is Cc1cc(C)n(CCCNC(=O)CC2CCCNC2)n1. The molecule has 1 atom stereocenters. The Hall–Kier alpha value is -1.36. The monoisotopic (exact) mass is 278 g/mol. The van der Waals surface area contributed by atoms with Gasteiger partial charge in [0.15, 0.2) is 0 Å². The summed E-state index contributed by atoms with van der Waals surface area (Å²) in [5.41, 5.74) is 2.23. The van der Waals surface area contributed by atoms with Gasteiger partial charge in [-0.05, 0) is 58.2 Å². The van der Waals surface area contributed by atoms with Gasteiger partial charge in [0.25, 0.3) is 0 Å². The number of rotatable bonds is 6. The molecule has 5 nitrogen and oxygen atoms in total. The molecule has 1 unspecified atom stereocenters. The third-order valence-corrected chi connectivity index (χ3v) is 3.85. The van der Waals surface area contributed by atoms with Crippen LogP contribution in [0.1, 0.15) is 37.1 Å². The second kappa shape index (κ2) is 7.43. The number of hydrogen-bond acceptors (Lipinski definition) is 3. The predicted octanol–water partition coefficient (Wildman–Crippen LogP) is 1.40. The van der Waals surface area contributed by atoms with Crippen LogP contribution in [-0.4, -0.2) is 35.3 Å². The summed E-state index contributed by atoms with van der Waals surface area (Å²) in [6.45, 7) is 7.75. The number of nitrogens with zero attached hydrogens (tertiary/aromatic N) is 2. The first-order valence-electron chi connectivity index (χ1n) is 7.63. The van der Waals surface area contributed by atoms with Gasteiger partial charge in [-0.25, -0.2) is 0 Å². The van der Waals surface area contributed by atoms with Crippen LogP contribution < -0.4 is 10.6 Å². The standard InChI is InChI=1S/C15H26N4O/c1-12-9-13(2)19(18-12)8-4-7-17-15(20)10-14-5-3-6-16-11-14/h9,14,16H,3-8,10-11H2,1-2H3,(H,17,20). The van der Waals surface area contributed by atoms with Crippen molar-refractivity contribution in [1.82, 2.24) is 20.4 Å². The highest BCUT2D eigenvalue weighted by atomic mass is 16.1. The molecule has 20 heavy (non-hydrogen) atoms. The van der Waals surface area contributed by atoms with E-state index in [1.54, 1.807) is 0 Å². The number of aryl methyl sites for hydroxylation is 3. The molecule has 0 aromatic carbocycles. The summed E-state index contributed by atoms with van der Waals surface area (Å²) in [6.07, 6.45) is 3.95. The highest BCUT2D eigenvalue weighted by Crippen LogP contribution is 2.13. The Balaban J connectivity index is 1.60. The summed E-state index contributed by atoms with van der Waals surface area (Å²) in [6, 6.07) is 2.08. The van der Waals surface area contributed by atoms with Crippen LogP contribution in [0.2, 0.25) is 0 Å². The molecule has 2 rings (SSSR count). The van der Waals surface area contributed by atoms with Gasteiger partial charge in [-0.15, -0.1) is 0 Å². The minimum Gasteiger partial charge on any atom is -0.356 e. The molecule has 1 amide bonds. The predicted molar refractivity (Wildman–Crippen MR) is 79.5 cm³/mol. The van der Waals surface area contributed by atoms with Crippen LogP contribution in [0.5, 0.6) is 0 Å². The van der Waals surface area contributed by atoms with Gasteiger partial charge >= 0.3 is 0 Å². The van der Waals surface area contributed by atoms with Gasteiger partial charge in [-0.1, -0.05) is 0 Å². The van der Waals surface area contributed by atoms with Crippen LogP contribution >= 0.6 is 0 Å². The van der Waals surface area contributed by atoms with Crippen molar-refractivity contribution in [2.24, 2.45) is 5.92 Å². The smallest absolute Gasteiger partial charge is 0.220 e. The zero-order valence-corrected chi connectivity index (χ0v) is 12.6. The third-order valence-electron chi connectivity index (χ3n) is 3.85. The molecule has 112 valence electrons. The topological polar surface area (TPSA) is 59.0 Å². The molecule has 2 N–H and O–H groups in total. The highest BCUT2D eigenvalue weighted by Gasteiger charge is 2.16. The number of amides is 1. The Morgan fingerprint density at radius 2 is 2.40 bits per heavy atom. The van der Waals surface area contributed by atoms with E-state index < -0.39 is 0 Å². The first-order chi connectivity index (χ1) is 9.65. The first kappa shape index (κ1) is 15.0. The van der Waals surface area contributed by atoms with E-state index in [9.17, 15) is 4.79 Å². The van der Waals surface area contributed by atoms with E-state index in [0.29, 0.717) is 12.3 Å². The minimum atomic E-state index is 0.187. The average Bonchev–Trinajstić information content (AvgIpc) is 2.74. The molecular weight excluding hydrogens is 252 g/mol. The van der Waals surface area contributed by atoms with Crippen LogP contribution in [0, 0.1) is 19.8 Å². The number of carbonyl (C=O) groups excluding carboxylic acids is 1. The Bertz CT molecular complexity index is 435. The lowest BCUT2D eigenvalue weighted by molar-refractivity contribution is -0.122. The van der Waals surface area contributed by atoms with Crippen LogP contribution in [0.15, 0.2) is 6.07 Å². The zero-order valence-electron chi connectivity index (χ0n) is 12.6. The van der Waals surface area contributed by atoms with Crippen molar-refractivity contribution < 1.29 is 4.79 Å². The molecule has 1 saturated heterocycles. The number of carbonyl (C=O) groups is 1. The summed E-state index contributed by atoms with van der Waals surface area (Å²) < 4.78 is 2.01. The lowest BCUT2D eigenvalue weighted by atomic mass is 9.96. The van der Waals surface area contributed by atoms with Gasteiger partial charge in [0, 0.05) is 25.2 Å². The average molecular weight is 278 g/mol. The maximum Gasteiger partial charge on any atom is 0.220 e. The molecule has 1 aromatic rings. The minimum absolute atomic E-state index is 0.187. The van der Waals surface area contributed by atoms with Crippen molar-refractivity contribution in [2.75, 3.05) is 19.6 Å². The van der Waals surface area contributed by atoms with Gasteiger partial charge in [0.05, 0.1) is 5.69 Å². The van der Waals surface area contributed by atoms with Crippen molar-refractivity contribution in [3.8, 4) is 0 Å². The number of piperidine rings is 1. The fraction of sp³-hybridized carbons (Fsp3) is 0.733. The van der Waals surface area contributed by atoms with E-state index >= 15 is 0 Å². The van der Waals surface area contributed by atoms with E-state index in [0.717, 1.165) is 38.3 Å². The van der Waals surface area contributed by atoms with E-state index in [2.05, 4.69) is 28.7 Å². The second-order valence-corrected chi connectivity index (χ2v) is 5.77. The fourth-order valence-electron chi connectivity index (χ4n) is 2.79. The lowest BCUT2D eigenvalue weighted by Crippen LogP contribution is -2.34. The molecule has 1 aromatic heterocycles. The van der Waals surface area contributed by atoms with Gasteiger partial charge in [-0.3, -0.25) is 9.48 Å². The number of nitrogens with one attached hydrogen (secondary N) is 2. The molecule has 1 aliphatic heterocycles. The maximum absolute atomic E-state index is 11.8.